The zero-order chi connectivity index (χ0) is 15.1. The van der Waals surface area contributed by atoms with Crippen molar-refractivity contribution in [3.63, 3.8) is 0 Å². The summed E-state index contributed by atoms with van der Waals surface area (Å²) < 4.78 is 5.06. The normalized spacial score (nSPS) is 11.5. The van der Waals surface area contributed by atoms with E-state index in [1.807, 2.05) is 18.7 Å². The Kier molecular flexibility index (Phi) is 3.80. The van der Waals surface area contributed by atoms with Gasteiger partial charge < -0.3 is 0 Å². The van der Waals surface area contributed by atoms with Crippen molar-refractivity contribution in [2.45, 2.75) is 20.3 Å². The van der Waals surface area contributed by atoms with Gasteiger partial charge >= 0.3 is 0 Å². The van der Waals surface area contributed by atoms with Crippen molar-refractivity contribution in [1.82, 2.24) is 19.3 Å². The second-order valence-electron chi connectivity index (χ2n) is 5.14. The monoisotopic (exact) mass is 366 g/mol. The summed E-state index contributed by atoms with van der Waals surface area (Å²) in [6, 6.07) is 6.30. The van der Waals surface area contributed by atoms with Crippen LogP contribution in [0.4, 0.5) is 0 Å². The molecule has 1 aromatic carbocycles. The highest BCUT2D eigenvalue weighted by atomic mass is 79.9. The third-order valence-corrected chi connectivity index (χ3v) is 4.36. The van der Waals surface area contributed by atoms with Crippen LogP contribution in [0.3, 0.4) is 0 Å². The third-order valence-electron chi connectivity index (χ3n) is 3.53. The lowest BCUT2D eigenvalue weighted by molar-refractivity contribution is 0.750. The molecule has 0 bridgehead atoms. The average molecular weight is 368 g/mol. The van der Waals surface area contributed by atoms with Crippen LogP contribution in [0.25, 0.3) is 16.9 Å². The van der Waals surface area contributed by atoms with E-state index in [2.05, 4.69) is 50.7 Å². The largest absolute Gasteiger partial charge is 0.280 e. The lowest BCUT2D eigenvalue weighted by atomic mass is 10.2. The first kappa shape index (κ1) is 14.6. The minimum Gasteiger partial charge on any atom is -0.280 e. The summed E-state index contributed by atoms with van der Waals surface area (Å²) in [5.41, 5.74) is 5.14. The zero-order valence-electron chi connectivity index (χ0n) is 12.2. The number of rotatable bonds is 3. The number of nitrogens with zero attached hydrogens (tertiary/aromatic N) is 4. The predicted octanol–water partition coefficient (Wildman–Crippen LogP) is 3.92. The molecule has 0 atom stereocenters. The fourth-order valence-corrected chi connectivity index (χ4v) is 3.46. The van der Waals surface area contributed by atoms with Crippen molar-refractivity contribution in [1.29, 1.82) is 0 Å². The minimum atomic E-state index is 0.541. The summed E-state index contributed by atoms with van der Waals surface area (Å²) >= 11 is 9.61. The number of hydrogen-bond acceptors (Lipinski definition) is 2. The third kappa shape index (κ3) is 2.38. The van der Waals surface area contributed by atoms with E-state index in [1.54, 1.807) is 0 Å². The molecule has 3 aromatic rings. The highest BCUT2D eigenvalue weighted by Crippen LogP contribution is 2.29. The van der Waals surface area contributed by atoms with Crippen LogP contribution >= 0.6 is 27.5 Å². The molecular formula is C15H16BrClN4. The lowest BCUT2D eigenvalue weighted by Gasteiger charge is -2.11. The number of aromatic nitrogens is 4. The van der Waals surface area contributed by atoms with Gasteiger partial charge in [-0.25, -0.2) is 9.67 Å². The van der Waals surface area contributed by atoms with Gasteiger partial charge in [0.15, 0.2) is 5.65 Å². The predicted molar refractivity (Wildman–Crippen MR) is 89.4 cm³/mol. The fraction of sp³-hybridized carbons (Fsp3) is 0.333. The van der Waals surface area contributed by atoms with Gasteiger partial charge in [0.2, 0.25) is 0 Å². The van der Waals surface area contributed by atoms with Crippen molar-refractivity contribution >= 4 is 38.7 Å². The Hall–Kier alpha value is -1.33. The number of alkyl halides is 1. The number of benzene rings is 1. The molecule has 0 amide bonds. The Morgan fingerprint density at radius 2 is 2.05 bits per heavy atom. The molecule has 4 nitrogen and oxygen atoms in total. The molecule has 3 rings (SSSR count). The molecule has 0 aliphatic carbocycles. The van der Waals surface area contributed by atoms with E-state index in [0.29, 0.717) is 5.88 Å². The van der Waals surface area contributed by atoms with E-state index >= 15 is 0 Å². The summed E-state index contributed by atoms with van der Waals surface area (Å²) in [6.45, 7) is 4.06. The Bertz CT molecular complexity index is 819. The van der Waals surface area contributed by atoms with Crippen LogP contribution in [0.5, 0.6) is 0 Å². The van der Waals surface area contributed by atoms with Crippen molar-refractivity contribution in [2.75, 3.05) is 5.88 Å². The molecule has 0 N–H and O–H groups in total. The van der Waals surface area contributed by atoms with Crippen LogP contribution in [0.2, 0.25) is 0 Å². The average Bonchev–Trinajstić information content (AvgIpc) is 2.90. The number of hydrogen-bond donors (Lipinski definition) is 0. The van der Waals surface area contributed by atoms with Crippen LogP contribution in [0.15, 0.2) is 22.7 Å². The van der Waals surface area contributed by atoms with E-state index in [-0.39, 0.29) is 0 Å². The molecule has 0 saturated carbocycles. The minimum absolute atomic E-state index is 0.541. The van der Waals surface area contributed by atoms with E-state index in [4.69, 9.17) is 16.6 Å². The summed E-state index contributed by atoms with van der Waals surface area (Å²) in [6.07, 6.45) is 0.718. The van der Waals surface area contributed by atoms with Gasteiger partial charge in [-0.2, -0.15) is 5.10 Å². The molecule has 6 heteroatoms. The standard InChI is InChI=1S/C15H16BrClN4/c1-9-4-5-12(11(16)8-9)21-13(6-7-17)18-14-10(2)19-20(3)15(14)21/h4-5,8H,6-7H2,1-3H3. The van der Waals surface area contributed by atoms with Gasteiger partial charge in [0.25, 0.3) is 0 Å². The van der Waals surface area contributed by atoms with Crippen LogP contribution in [-0.4, -0.2) is 25.2 Å². The summed E-state index contributed by atoms with van der Waals surface area (Å²) in [5.74, 6) is 1.50. The van der Waals surface area contributed by atoms with Crippen LogP contribution in [0, 0.1) is 13.8 Å². The molecule has 0 aliphatic rings. The Labute approximate surface area is 136 Å². The van der Waals surface area contributed by atoms with Crippen molar-refractivity contribution < 1.29 is 0 Å². The second kappa shape index (κ2) is 5.46. The van der Waals surface area contributed by atoms with Gasteiger partial charge in [-0.15, -0.1) is 11.6 Å². The van der Waals surface area contributed by atoms with E-state index in [1.165, 1.54) is 5.56 Å². The maximum Gasteiger partial charge on any atom is 0.163 e. The number of aryl methyl sites for hydroxylation is 4. The molecule has 0 unspecified atom stereocenters. The van der Waals surface area contributed by atoms with Gasteiger partial charge in [-0.1, -0.05) is 6.07 Å². The molecule has 0 spiro atoms. The second-order valence-corrected chi connectivity index (χ2v) is 6.37. The quantitative estimate of drug-likeness (QED) is 0.658. The molecule has 0 saturated heterocycles. The van der Waals surface area contributed by atoms with Crippen LogP contribution < -0.4 is 0 Å². The van der Waals surface area contributed by atoms with Crippen molar-refractivity contribution in [3.05, 3.63) is 39.8 Å². The molecule has 21 heavy (non-hydrogen) atoms. The maximum atomic E-state index is 5.95. The first-order chi connectivity index (χ1) is 10.0. The van der Waals surface area contributed by atoms with Gasteiger partial charge in [0.1, 0.15) is 11.3 Å². The van der Waals surface area contributed by atoms with Gasteiger partial charge in [0, 0.05) is 23.8 Å². The Morgan fingerprint density at radius 1 is 1.29 bits per heavy atom. The molecule has 2 aromatic heterocycles. The SMILES string of the molecule is Cc1ccc(-n2c(CCCl)nc3c(C)nn(C)c32)c(Br)c1. The van der Waals surface area contributed by atoms with Crippen LogP contribution in [0.1, 0.15) is 17.1 Å². The number of halogens is 2. The molecule has 0 fully saturated rings. The maximum absolute atomic E-state index is 5.95. The summed E-state index contributed by atoms with van der Waals surface area (Å²) in [7, 11) is 1.94. The van der Waals surface area contributed by atoms with Crippen LogP contribution in [-0.2, 0) is 13.5 Å². The number of imidazole rings is 1. The lowest BCUT2D eigenvalue weighted by Crippen LogP contribution is -2.07. The van der Waals surface area contributed by atoms with E-state index in [9.17, 15) is 0 Å². The van der Waals surface area contributed by atoms with Gasteiger partial charge in [-0.05, 0) is 47.5 Å². The highest BCUT2D eigenvalue weighted by Gasteiger charge is 2.19. The molecule has 0 radical (unpaired) electrons. The van der Waals surface area contributed by atoms with Gasteiger partial charge in [-0.3, -0.25) is 4.57 Å². The summed E-state index contributed by atoms with van der Waals surface area (Å²) in [4.78, 5) is 4.74. The number of fused-ring (bicyclic) bond motifs is 1. The molecule has 0 aliphatic heterocycles. The Balaban J connectivity index is 2.35. The van der Waals surface area contributed by atoms with Crippen molar-refractivity contribution in [2.24, 2.45) is 7.05 Å². The van der Waals surface area contributed by atoms with Crippen molar-refractivity contribution in [3.8, 4) is 5.69 Å². The topological polar surface area (TPSA) is 35.6 Å². The van der Waals surface area contributed by atoms with E-state index < -0.39 is 0 Å². The van der Waals surface area contributed by atoms with Gasteiger partial charge in [0.05, 0.1) is 11.4 Å². The first-order valence-electron chi connectivity index (χ1n) is 6.76. The Morgan fingerprint density at radius 3 is 2.71 bits per heavy atom. The zero-order valence-corrected chi connectivity index (χ0v) is 14.5. The molecule has 2 heterocycles. The smallest absolute Gasteiger partial charge is 0.163 e. The fourth-order valence-electron chi connectivity index (χ4n) is 2.62. The van der Waals surface area contributed by atoms with E-state index in [0.717, 1.165) is 39.3 Å². The first-order valence-corrected chi connectivity index (χ1v) is 8.09. The summed E-state index contributed by atoms with van der Waals surface area (Å²) in [5, 5.41) is 4.47. The highest BCUT2D eigenvalue weighted by molar-refractivity contribution is 9.10. The molecular weight excluding hydrogens is 352 g/mol. The molecule has 110 valence electrons.